The normalized spacial score (nSPS) is 16.5. The van der Waals surface area contributed by atoms with Gasteiger partial charge in [-0.3, -0.25) is 9.78 Å². The quantitative estimate of drug-likeness (QED) is 0.930. The van der Waals surface area contributed by atoms with Crippen molar-refractivity contribution in [1.82, 2.24) is 9.88 Å². The minimum absolute atomic E-state index is 0.0753. The van der Waals surface area contributed by atoms with Crippen LogP contribution in [0.5, 0.6) is 11.5 Å². The lowest BCUT2D eigenvalue weighted by atomic mass is 9.94. The summed E-state index contributed by atoms with van der Waals surface area (Å²) in [6.07, 6.45) is 1.41. The van der Waals surface area contributed by atoms with Crippen LogP contribution >= 0.6 is 0 Å². The van der Waals surface area contributed by atoms with Crippen molar-refractivity contribution in [2.24, 2.45) is 0 Å². The Balaban J connectivity index is 1.98. The maximum Gasteiger partial charge on any atom is 0.255 e. The number of β-amino-alcohol motifs (C(OH)–C–C–N with tert-alkyl or cyclic N) is 1. The summed E-state index contributed by atoms with van der Waals surface area (Å²) >= 11 is 0. The second-order valence-electron chi connectivity index (χ2n) is 5.46. The topological polar surface area (TPSA) is 71.9 Å². The van der Waals surface area contributed by atoms with Crippen LogP contribution in [0.3, 0.4) is 0 Å². The third-order valence-electron chi connectivity index (χ3n) is 4.03. The second-order valence-corrected chi connectivity index (χ2v) is 5.46. The number of aliphatic hydroxyl groups excluding tert-OH is 1. The molecule has 1 atom stereocenters. The minimum Gasteiger partial charge on any atom is -0.496 e. The Morgan fingerprint density at radius 2 is 2.00 bits per heavy atom. The largest absolute Gasteiger partial charge is 0.496 e. The molecule has 3 rings (SSSR count). The molecule has 0 fully saturated rings. The zero-order valence-electron chi connectivity index (χ0n) is 13.3. The zero-order valence-corrected chi connectivity index (χ0v) is 13.3. The molecule has 126 valence electrons. The fraction of sp³-hybridized carbons (Fsp3) is 0.294. The lowest BCUT2D eigenvalue weighted by Crippen LogP contribution is -2.38. The van der Waals surface area contributed by atoms with E-state index in [1.54, 1.807) is 12.1 Å². The summed E-state index contributed by atoms with van der Waals surface area (Å²) in [6, 6.07) is 4.57. The number of rotatable bonds is 3. The third-order valence-corrected chi connectivity index (χ3v) is 4.03. The Hall–Kier alpha value is -2.67. The molecule has 1 aliphatic heterocycles. The van der Waals surface area contributed by atoms with Gasteiger partial charge in [0, 0.05) is 17.3 Å². The average molecular weight is 332 g/mol. The lowest BCUT2D eigenvalue weighted by molar-refractivity contribution is 0.0537. The number of nitrogens with zero attached hydrogens (tertiary/aromatic N) is 2. The molecular weight excluding hydrogens is 315 g/mol. The first-order valence-corrected chi connectivity index (χ1v) is 7.36. The third kappa shape index (κ3) is 2.78. The van der Waals surface area contributed by atoms with E-state index in [0.29, 0.717) is 22.6 Å². The molecule has 1 amide bonds. The fourth-order valence-electron chi connectivity index (χ4n) is 2.94. The first kappa shape index (κ1) is 16.2. The maximum absolute atomic E-state index is 13.3. The van der Waals surface area contributed by atoms with Crippen molar-refractivity contribution in [2.75, 3.05) is 20.8 Å². The van der Waals surface area contributed by atoms with Gasteiger partial charge in [-0.2, -0.15) is 0 Å². The number of amides is 1. The van der Waals surface area contributed by atoms with Gasteiger partial charge in [0.2, 0.25) is 0 Å². The highest BCUT2D eigenvalue weighted by molar-refractivity contribution is 5.94. The van der Waals surface area contributed by atoms with Crippen LogP contribution in [0.15, 0.2) is 30.6 Å². The summed E-state index contributed by atoms with van der Waals surface area (Å²) in [5.41, 5.74) is 1.42. The summed E-state index contributed by atoms with van der Waals surface area (Å²) in [7, 11) is 3.04. The predicted octanol–water partition coefficient (Wildman–Crippen LogP) is 1.93. The number of hydrogen-bond donors (Lipinski definition) is 1. The van der Waals surface area contributed by atoms with E-state index in [9.17, 15) is 14.3 Å². The van der Waals surface area contributed by atoms with E-state index in [1.165, 1.54) is 25.3 Å². The molecule has 2 aromatic rings. The number of ether oxygens (including phenoxy) is 2. The molecule has 0 unspecified atom stereocenters. The van der Waals surface area contributed by atoms with Crippen molar-refractivity contribution in [2.45, 2.75) is 12.6 Å². The number of pyridine rings is 1. The molecule has 0 spiro atoms. The van der Waals surface area contributed by atoms with Gasteiger partial charge in [0.25, 0.3) is 5.91 Å². The van der Waals surface area contributed by atoms with Crippen LogP contribution in [0.25, 0.3) is 0 Å². The minimum atomic E-state index is -0.927. The smallest absolute Gasteiger partial charge is 0.255 e. The number of methoxy groups -OCH3 is 2. The molecule has 7 heteroatoms. The van der Waals surface area contributed by atoms with Crippen molar-refractivity contribution < 1.29 is 23.8 Å². The monoisotopic (exact) mass is 332 g/mol. The molecule has 0 aliphatic carbocycles. The number of aliphatic hydroxyl groups is 1. The number of carbonyl (C=O) groups excluding carboxylic acids is 1. The van der Waals surface area contributed by atoms with Crippen LogP contribution in [0.4, 0.5) is 4.39 Å². The van der Waals surface area contributed by atoms with E-state index >= 15 is 0 Å². The van der Waals surface area contributed by atoms with Crippen molar-refractivity contribution in [1.29, 1.82) is 0 Å². The molecule has 0 radical (unpaired) electrons. The van der Waals surface area contributed by atoms with Gasteiger partial charge in [-0.15, -0.1) is 0 Å². The zero-order chi connectivity index (χ0) is 17.3. The van der Waals surface area contributed by atoms with E-state index in [1.807, 2.05) is 0 Å². The van der Waals surface area contributed by atoms with Crippen LogP contribution < -0.4 is 9.47 Å². The highest BCUT2D eigenvalue weighted by atomic mass is 19.1. The SMILES string of the molecule is COc1ccc(OC)c2c1CN(C(=O)c1cncc(F)c1)C[C@@H]2O. The summed E-state index contributed by atoms with van der Waals surface area (Å²) in [4.78, 5) is 17.7. The van der Waals surface area contributed by atoms with Gasteiger partial charge in [0.15, 0.2) is 0 Å². The molecule has 1 aromatic carbocycles. The number of benzene rings is 1. The summed E-state index contributed by atoms with van der Waals surface area (Å²) in [5, 5.41) is 10.5. The van der Waals surface area contributed by atoms with Crippen molar-refractivity contribution in [3.05, 3.63) is 53.1 Å². The molecule has 2 heterocycles. The van der Waals surface area contributed by atoms with Gasteiger partial charge in [-0.1, -0.05) is 0 Å². The number of fused-ring (bicyclic) bond motifs is 1. The Bertz CT molecular complexity index is 781. The van der Waals surface area contributed by atoms with Gasteiger partial charge in [0.1, 0.15) is 23.4 Å². The van der Waals surface area contributed by atoms with Crippen LogP contribution in [0.2, 0.25) is 0 Å². The number of hydrogen-bond acceptors (Lipinski definition) is 5. The molecule has 1 N–H and O–H groups in total. The number of halogens is 1. The van der Waals surface area contributed by atoms with E-state index in [2.05, 4.69) is 4.98 Å². The van der Waals surface area contributed by atoms with E-state index in [-0.39, 0.29) is 18.7 Å². The molecule has 0 saturated carbocycles. The molecule has 1 aliphatic rings. The molecule has 24 heavy (non-hydrogen) atoms. The lowest BCUT2D eigenvalue weighted by Gasteiger charge is -2.34. The Kier molecular flexibility index (Phi) is 4.35. The van der Waals surface area contributed by atoms with Gasteiger partial charge in [-0.05, 0) is 18.2 Å². The van der Waals surface area contributed by atoms with E-state index in [0.717, 1.165) is 12.3 Å². The van der Waals surface area contributed by atoms with Gasteiger partial charge < -0.3 is 19.5 Å². The number of carbonyl (C=O) groups is 1. The number of aromatic nitrogens is 1. The highest BCUT2D eigenvalue weighted by Gasteiger charge is 2.32. The van der Waals surface area contributed by atoms with Gasteiger partial charge in [0.05, 0.1) is 39.1 Å². The second kappa shape index (κ2) is 6.45. The maximum atomic E-state index is 13.3. The molecule has 0 bridgehead atoms. The first-order valence-electron chi connectivity index (χ1n) is 7.36. The molecule has 0 saturated heterocycles. The van der Waals surface area contributed by atoms with Crippen molar-refractivity contribution >= 4 is 5.91 Å². The van der Waals surface area contributed by atoms with Crippen LogP contribution in [-0.4, -0.2) is 41.7 Å². The highest BCUT2D eigenvalue weighted by Crippen LogP contribution is 2.39. The summed E-state index contributed by atoms with van der Waals surface area (Å²) < 4.78 is 23.9. The predicted molar refractivity (Wildman–Crippen MR) is 83.4 cm³/mol. The van der Waals surface area contributed by atoms with E-state index in [4.69, 9.17) is 9.47 Å². The van der Waals surface area contributed by atoms with Crippen molar-refractivity contribution in [3.8, 4) is 11.5 Å². The van der Waals surface area contributed by atoms with Crippen LogP contribution in [0, 0.1) is 5.82 Å². The van der Waals surface area contributed by atoms with Crippen LogP contribution in [0.1, 0.15) is 27.6 Å². The Labute approximate surface area is 138 Å². The Morgan fingerprint density at radius 3 is 2.67 bits per heavy atom. The summed E-state index contributed by atoms with van der Waals surface area (Å²) in [6.45, 7) is 0.300. The molecular formula is C17H17FN2O4. The average Bonchev–Trinajstić information content (AvgIpc) is 2.59. The summed E-state index contributed by atoms with van der Waals surface area (Å²) in [5.74, 6) is 0.104. The molecule has 6 nitrogen and oxygen atoms in total. The van der Waals surface area contributed by atoms with Crippen molar-refractivity contribution in [3.63, 3.8) is 0 Å². The fourth-order valence-corrected chi connectivity index (χ4v) is 2.94. The van der Waals surface area contributed by atoms with Crippen LogP contribution in [-0.2, 0) is 6.54 Å². The standard InChI is InChI=1S/C17H17FN2O4/c1-23-14-3-4-15(24-2)16-12(14)8-20(9-13(16)21)17(22)10-5-11(18)7-19-6-10/h3-7,13,21H,8-9H2,1-2H3/t13-/m0/s1. The first-order chi connectivity index (χ1) is 11.5. The molecule has 1 aromatic heterocycles. The van der Waals surface area contributed by atoms with E-state index < -0.39 is 17.8 Å². The Morgan fingerprint density at radius 1 is 1.29 bits per heavy atom. The van der Waals surface area contributed by atoms with Gasteiger partial charge in [-0.25, -0.2) is 4.39 Å². The van der Waals surface area contributed by atoms with Gasteiger partial charge >= 0.3 is 0 Å².